The molecule has 0 spiro atoms. The maximum atomic E-state index is 11.6. The normalized spacial score (nSPS) is 15.7. The van der Waals surface area contributed by atoms with Crippen molar-refractivity contribution in [3.05, 3.63) is 47.2 Å². The van der Waals surface area contributed by atoms with Crippen molar-refractivity contribution in [2.75, 3.05) is 11.5 Å². The third-order valence-corrected chi connectivity index (χ3v) is 4.37. The smallest absolute Gasteiger partial charge is 0.412 e. The minimum atomic E-state index is -3.21. The Labute approximate surface area is 121 Å². The van der Waals surface area contributed by atoms with E-state index < -0.39 is 27.6 Å². The first-order valence-corrected chi connectivity index (χ1v) is 7.83. The van der Waals surface area contributed by atoms with Gasteiger partial charge in [-0.25, -0.2) is 18.0 Å². The third-order valence-electron chi connectivity index (χ3n) is 2.80. The molecule has 2 N–H and O–H groups in total. The molecule has 112 valence electrons. The first-order chi connectivity index (χ1) is 9.87. The van der Waals surface area contributed by atoms with Crippen LogP contribution in [0.1, 0.15) is 5.56 Å². The Hall–Kier alpha value is -2.35. The number of hydrogen-bond acceptors (Lipinski definition) is 5. The summed E-state index contributed by atoms with van der Waals surface area (Å²) in [5.41, 5.74) is 0.491. The highest BCUT2D eigenvalue weighted by atomic mass is 32.2. The minimum absolute atomic E-state index is 0.00674. The van der Waals surface area contributed by atoms with Gasteiger partial charge in [0.1, 0.15) is 12.3 Å². The Morgan fingerprint density at radius 2 is 1.81 bits per heavy atom. The molecule has 0 unspecified atom stereocenters. The van der Waals surface area contributed by atoms with Crippen LogP contribution in [0.5, 0.6) is 0 Å². The van der Waals surface area contributed by atoms with Gasteiger partial charge in [0.15, 0.2) is 9.84 Å². The molecule has 0 aliphatic carbocycles. The number of benzene rings is 1. The second kappa shape index (κ2) is 5.96. The predicted molar refractivity (Wildman–Crippen MR) is 73.1 cm³/mol. The fraction of sp³-hybridized carbons (Fsp3) is 0.231. The average Bonchev–Trinajstić information content (AvgIpc) is 2.40. The lowest BCUT2D eigenvalue weighted by molar-refractivity contribution is -0.133. The number of ether oxygens (including phenoxy) is 1. The second-order valence-corrected chi connectivity index (χ2v) is 6.57. The van der Waals surface area contributed by atoms with Crippen molar-refractivity contribution in [1.29, 1.82) is 0 Å². The lowest BCUT2D eigenvalue weighted by Crippen LogP contribution is -2.37. The highest BCUT2D eigenvalue weighted by molar-refractivity contribution is 7.93. The number of carbonyl (C=O) groups is 2. The van der Waals surface area contributed by atoms with Gasteiger partial charge >= 0.3 is 12.1 Å². The second-order valence-electron chi connectivity index (χ2n) is 4.50. The van der Waals surface area contributed by atoms with Gasteiger partial charge in [0.05, 0.1) is 11.5 Å². The largest absolute Gasteiger partial charge is 0.477 e. The SMILES string of the molecule is O=C(NC(C(=O)O)=C1CS(=O)(=O)C1)OCc1ccccc1. The van der Waals surface area contributed by atoms with Crippen molar-refractivity contribution in [2.24, 2.45) is 0 Å². The summed E-state index contributed by atoms with van der Waals surface area (Å²) in [6.07, 6.45) is -0.937. The molecule has 1 aromatic rings. The first-order valence-electron chi connectivity index (χ1n) is 6.01. The molecule has 1 aliphatic rings. The van der Waals surface area contributed by atoms with E-state index in [-0.39, 0.29) is 23.7 Å². The number of carbonyl (C=O) groups excluding carboxylic acids is 1. The lowest BCUT2D eigenvalue weighted by atomic mass is 10.2. The molecule has 1 saturated heterocycles. The lowest BCUT2D eigenvalue weighted by Gasteiger charge is -2.20. The quantitative estimate of drug-likeness (QED) is 0.791. The molecule has 1 amide bonds. The molecule has 1 aliphatic heterocycles. The van der Waals surface area contributed by atoms with Gasteiger partial charge in [-0.15, -0.1) is 0 Å². The van der Waals surface area contributed by atoms with Gasteiger partial charge in [-0.05, 0) is 11.1 Å². The number of carboxylic acid groups (broad SMARTS) is 1. The molecule has 0 radical (unpaired) electrons. The Balaban J connectivity index is 1.96. The van der Waals surface area contributed by atoms with E-state index in [4.69, 9.17) is 9.84 Å². The zero-order valence-corrected chi connectivity index (χ0v) is 11.7. The van der Waals surface area contributed by atoms with Gasteiger partial charge in [0.2, 0.25) is 0 Å². The molecular weight excluding hydrogens is 298 g/mol. The Bertz CT molecular complexity index is 679. The molecule has 1 fully saturated rings. The van der Waals surface area contributed by atoms with Crippen LogP contribution in [0.25, 0.3) is 0 Å². The van der Waals surface area contributed by atoms with Crippen LogP contribution in [0.15, 0.2) is 41.6 Å². The Kier molecular flexibility index (Phi) is 4.27. The zero-order chi connectivity index (χ0) is 15.5. The average molecular weight is 311 g/mol. The molecule has 2 rings (SSSR count). The summed E-state index contributed by atoms with van der Waals surface area (Å²) in [5, 5.41) is 11.1. The summed E-state index contributed by atoms with van der Waals surface area (Å²) >= 11 is 0. The monoisotopic (exact) mass is 311 g/mol. The summed E-state index contributed by atoms with van der Waals surface area (Å²) in [6, 6.07) is 8.87. The maximum Gasteiger partial charge on any atom is 0.412 e. The molecule has 0 bridgehead atoms. The number of aliphatic carboxylic acids is 1. The molecule has 1 aromatic carbocycles. The summed E-state index contributed by atoms with van der Waals surface area (Å²) in [5.74, 6) is -2.10. The van der Waals surface area contributed by atoms with E-state index in [1.807, 2.05) is 6.07 Å². The van der Waals surface area contributed by atoms with Crippen molar-refractivity contribution in [2.45, 2.75) is 6.61 Å². The van der Waals surface area contributed by atoms with E-state index >= 15 is 0 Å². The molecule has 0 saturated carbocycles. The van der Waals surface area contributed by atoms with E-state index in [9.17, 15) is 18.0 Å². The molecule has 0 aromatic heterocycles. The van der Waals surface area contributed by atoms with Crippen LogP contribution < -0.4 is 5.32 Å². The van der Waals surface area contributed by atoms with Gasteiger partial charge in [0.25, 0.3) is 0 Å². The van der Waals surface area contributed by atoms with E-state index in [1.54, 1.807) is 24.3 Å². The summed E-state index contributed by atoms with van der Waals surface area (Å²) in [7, 11) is -3.21. The summed E-state index contributed by atoms with van der Waals surface area (Å²) in [4.78, 5) is 22.6. The Morgan fingerprint density at radius 3 is 2.33 bits per heavy atom. The third kappa shape index (κ3) is 4.06. The fourth-order valence-electron chi connectivity index (χ4n) is 1.79. The number of rotatable bonds is 4. The summed E-state index contributed by atoms with van der Waals surface area (Å²) in [6.45, 7) is -0.00674. The van der Waals surface area contributed by atoms with Crippen LogP contribution in [-0.4, -0.2) is 37.1 Å². The van der Waals surface area contributed by atoms with Gasteiger partial charge in [-0.1, -0.05) is 30.3 Å². The molecule has 0 atom stereocenters. The molecule has 1 heterocycles. The van der Waals surface area contributed by atoms with Crippen LogP contribution in [0.3, 0.4) is 0 Å². The maximum absolute atomic E-state index is 11.6. The van der Waals surface area contributed by atoms with Gasteiger partial charge < -0.3 is 9.84 Å². The standard InChI is InChI=1S/C13H13NO6S/c15-12(16)11(10-7-21(18,19)8-10)14-13(17)20-6-9-4-2-1-3-5-9/h1-5H,6-8H2,(H,14,17)(H,15,16). The van der Waals surface area contributed by atoms with Crippen molar-refractivity contribution >= 4 is 21.9 Å². The summed E-state index contributed by atoms with van der Waals surface area (Å²) < 4.78 is 27.0. The van der Waals surface area contributed by atoms with E-state index in [1.165, 1.54) is 0 Å². The minimum Gasteiger partial charge on any atom is -0.477 e. The van der Waals surface area contributed by atoms with Crippen molar-refractivity contribution in [1.82, 2.24) is 5.32 Å². The number of carboxylic acids is 1. The van der Waals surface area contributed by atoms with Crippen LogP contribution >= 0.6 is 0 Å². The van der Waals surface area contributed by atoms with Crippen molar-refractivity contribution in [3.63, 3.8) is 0 Å². The number of alkyl carbamates (subject to hydrolysis) is 1. The van der Waals surface area contributed by atoms with Crippen molar-refractivity contribution in [3.8, 4) is 0 Å². The number of amides is 1. The van der Waals surface area contributed by atoms with E-state index in [2.05, 4.69) is 5.32 Å². The highest BCUT2D eigenvalue weighted by Gasteiger charge is 2.33. The molecular formula is C13H13NO6S. The van der Waals surface area contributed by atoms with Gasteiger partial charge in [-0.2, -0.15) is 0 Å². The number of sulfone groups is 1. The number of hydrogen-bond donors (Lipinski definition) is 2. The van der Waals surface area contributed by atoms with E-state index in [0.717, 1.165) is 5.56 Å². The van der Waals surface area contributed by atoms with Crippen LogP contribution in [0.2, 0.25) is 0 Å². The van der Waals surface area contributed by atoms with Crippen molar-refractivity contribution < 1.29 is 27.9 Å². The highest BCUT2D eigenvalue weighted by Crippen LogP contribution is 2.20. The first kappa shape index (κ1) is 15.0. The van der Waals surface area contributed by atoms with E-state index in [0.29, 0.717) is 0 Å². The molecule has 7 nitrogen and oxygen atoms in total. The van der Waals surface area contributed by atoms with Gasteiger partial charge in [0, 0.05) is 0 Å². The fourth-order valence-corrected chi connectivity index (χ4v) is 3.05. The van der Waals surface area contributed by atoms with Gasteiger partial charge in [-0.3, -0.25) is 5.32 Å². The number of nitrogens with one attached hydrogen (secondary N) is 1. The van der Waals surface area contributed by atoms with Crippen LogP contribution in [0.4, 0.5) is 4.79 Å². The zero-order valence-electron chi connectivity index (χ0n) is 10.9. The van der Waals surface area contributed by atoms with Crippen LogP contribution in [-0.2, 0) is 26.0 Å². The Morgan fingerprint density at radius 1 is 1.19 bits per heavy atom. The predicted octanol–water partition coefficient (Wildman–Crippen LogP) is 0.680. The molecule has 21 heavy (non-hydrogen) atoms. The van der Waals surface area contributed by atoms with Crippen LogP contribution in [0, 0.1) is 0 Å². The molecule has 8 heteroatoms. The topological polar surface area (TPSA) is 110 Å².